The maximum Gasteiger partial charge on any atom is 0.251 e. The molecule has 0 spiro atoms. The zero-order valence-corrected chi connectivity index (χ0v) is 10.3. The summed E-state index contributed by atoms with van der Waals surface area (Å²) >= 11 is 1.40. The van der Waals surface area contributed by atoms with Gasteiger partial charge in [-0.2, -0.15) is 9.37 Å². The topological polar surface area (TPSA) is 37.8 Å². The van der Waals surface area contributed by atoms with Crippen LogP contribution in [0.2, 0.25) is 0 Å². The molecule has 3 nitrogen and oxygen atoms in total. The lowest BCUT2D eigenvalue weighted by Gasteiger charge is -2.15. The van der Waals surface area contributed by atoms with Crippen molar-refractivity contribution in [2.45, 2.75) is 19.4 Å². The quantitative estimate of drug-likeness (QED) is 0.866. The fourth-order valence-electron chi connectivity index (χ4n) is 1.46. The maximum absolute atomic E-state index is 13.4. The van der Waals surface area contributed by atoms with Gasteiger partial charge in [0.1, 0.15) is 5.01 Å². The van der Waals surface area contributed by atoms with Crippen LogP contribution in [-0.2, 0) is 0 Å². The van der Waals surface area contributed by atoms with Gasteiger partial charge in [-0.05, 0) is 6.42 Å². The molecule has 0 aromatic carbocycles. The summed E-state index contributed by atoms with van der Waals surface area (Å²) in [7, 11) is 0. The second-order valence-electron chi connectivity index (χ2n) is 3.57. The fourth-order valence-corrected chi connectivity index (χ4v) is 2.23. The highest BCUT2D eigenvalue weighted by atomic mass is 32.1. The lowest BCUT2D eigenvalue weighted by molar-refractivity contribution is 0.465. The molecule has 0 bridgehead atoms. The second-order valence-corrected chi connectivity index (χ2v) is 4.49. The molecule has 0 aliphatic heterocycles. The molecule has 0 aliphatic carbocycles. The van der Waals surface area contributed by atoms with Crippen molar-refractivity contribution >= 4 is 17.2 Å². The van der Waals surface area contributed by atoms with E-state index in [9.17, 15) is 13.2 Å². The molecular formula is C11H10F3N3S. The first kappa shape index (κ1) is 12.8. The van der Waals surface area contributed by atoms with Crippen LogP contribution in [0.3, 0.4) is 0 Å². The number of rotatable bonds is 4. The summed E-state index contributed by atoms with van der Waals surface area (Å²) in [6, 6.07) is 0.191. The molecule has 0 amide bonds. The molecule has 1 unspecified atom stereocenters. The molecular weight excluding hydrogens is 263 g/mol. The van der Waals surface area contributed by atoms with Crippen molar-refractivity contribution < 1.29 is 13.2 Å². The van der Waals surface area contributed by atoms with E-state index in [0.29, 0.717) is 12.5 Å². The average Bonchev–Trinajstić information content (AvgIpc) is 2.85. The summed E-state index contributed by atoms with van der Waals surface area (Å²) in [4.78, 5) is 7.31. The van der Waals surface area contributed by atoms with Gasteiger partial charge < -0.3 is 5.32 Å². The zero-order chi connectivity index (χ0) is 13.1. The molecule has 0 aliphatic rings. The van der Waals surface area contributed by atoms with Crippen molar-refractivity contribution in [2.75, 3.05) is 5.32 Å². The van der Waals surface area contributed by atoms with Gasteiger partial charge >= 0.3 is 0 Å². The summed E-state index contributed by atoms with van der Waals surface area (Å²) in [5.41, 5.74) is 0. The largest absolute Gasteiger partial charge is 0.358 e. The van der Waals surface area contributed by atoms with Crippen LogP contribution >= 0.6 is 11.3 Å². The van der Waals surface area contributed by atoms with Crippen LogP contribution in [0, 0.1) is 17.6 Å². The highest BCUT2D eigenvalue weighted by molar-refractivity contribution is 7.09. The van der Waals surface area contributed by atoms with E-state index in [1.54, 1.807) is 11.6 Å². The Morgan fingerprint density at radius 3 is 2.72 bits per heavy atom. The molecule has 1 atom stereocenters. The number of hydrogen-bond donors (Lipinski definition) is 1. The second kappa shape index (κ2) is 5.34. The Morgan fingerprint density at radius 1 is 1.33 bits per heavy atom. The van der Waals surface area contributed by atoms with E-state index >= 15 is 0 Å². The Balaban J connectivity index is 2.25. The molecule has 2 rings (SSSR count). The predicted molar refractivity (Wildman–Crippen MR) is 62.9 cm³/mol. The maximum atomic E-state index is 13.4. The van der Waals surface area contributed by atoms with Crippen molar-refractivity contribution in [1.29, 1.82) is 0 Å². The van der Waals surface area contributed by atoms with Gasteiger partial charge in [0.25, 0.3) is 5.95 Å². The number of halogens is 3. The number of nitrogens with zero attached hydrogens (tertiary/aromatic N) is 2. The number of thiazole rings is 1. The van der Waals surface area contributed by atoms with E-state index in [2.05, 4.69) is 15.3 Å². The van der Waals surface area contributed by atoms with Gasteiger partial charge in [0.15, 0.2) is 17.5 Å². The Morgan fingerprint density at radius 2 is 2.11 bits per heavy atom. The van der Waals surface area contributed by atoms with Crippen molar-refractivity contribution in [3.63, 3.8) is 0 Å². The van der Waals surface area contributed by atoms with E-state index in [0.717, 1.165) is 5.01 Å². The van der Waals surface area contributed by atoms with Crippen LogP contribution in [-0.4, -0.2) is 9.97 Å². The molecule has 2 aromatic rings. The zero-order valence-electron chi connectivity index (χ0n) is 9.45. The van der Waals surface area contributed by atoms with Crippen LogP contribution in [0.15, 0.2) is 17.6 Å². The van der Waals surface area contributed by atoms with E-state index in [4.69, 9.17) is 0 Å². The molecule has 1 N–H and O–H groups in total. The van der Waals surface area contributed by atoms with E-state index in [1.165, 1.54) is 11.3 Å². The van der Waals surface area contributed by atoms with Gasteiger partial charge in [-0.25, -0.2) is 13.8 Å². The van der Waals surface area contributed by atoms with Crippen molar-refractivity contribution in [3.05, 3.63) is 40.2 Å². The fraction of sp³-hybridized carbons (Fsp3) is 0.273. The highest BCUT2D eigenvalue weighted by Crippen LogP contribution is 2.25. The number of aromatic nitrogens is 2. The van der Waals surface area contributed by atoms with Crippen molar-refractivity contribution in [3.8, 4) is 0 Å². The lowest BCUT2D eigenvalue weighted by atomic mass is 10.2. The SMILES string of the molecule is CCC(Nc1nc(F)c(F)cc1F)c1nccs1. The minimum absolute atomic E-state index is 0.281. The van der Waals surface area contributed by atoms with Crippen LogP contribution in [0.1, 0.15) is 24.4 Å². The lowest BCUT2D eigenvalue weighted by Crippen LogP contribution is -2.13. The molecule has 0 fully saturated rings. The number of pyridine rings is 1. The van der Waals surface area contributed by atoms with Crippen LogP contribution in [0.25, 0.3) is 0 Å². The third-order valence-electron chi connectivity index (χ3n) is 2.36. The standard InChI is InChI=1S/C11H10F3N3S/c1-2-8(11-15-3-4-18-11)16-10-7(13)5-6(12)9(14)17-10/h3-5,8H,2H2,1H3,(H,16,17). The Hall–Kier alpha value is -1.63. The van der Waals surface area contributed by atoms with Crippen LogP contribution in [0.5, 0.6) is 0 Å². The van der Waals surface area contributed by atoms with Crippen LogP contribution < -0.4 is 5.32 Å². The summed E-state index contributed by atoms with van der Waals surface area (Å²) in [5, 5.41) is 5.25. The summed E-state index contributed by atoms with van der Waals surface area (Å²) < 4.78 is 39.1. The minimum atomic E-state index is -1.33. The number of hydrogen-bond acceptors (Lipinski definition) is 4. The Labute approximate surface area is 106 Å². The highest BCUT2D eigenvalue weighted by Gasteiger charge is 2.17. The van der Waals surface area contributed by atoms with Gasteiger partial charge in [0, 0.05) is 17.6 Å². The third-order valence-corrected chi connectivity index (χ3v) is 3.24. The molecule has 96 valence electrons. The first-order valence-corrected chi connectivity index (χ1v) is 6.17. The third kappa shape index (κ3) is 2.61. The van der Waals surface area contributed by atoms with Gasteiger partial charge in [0.2, 0.25) is 0 Å². The van der Waals surface area contributed by atoms with Crippen LogP contribution in [0.4, 0.5) is 19.0 Å². The minimum Gasteiger partial charge on any atom is -0.358 e. The molecule has 2 aromatic heterocycles. The Kier molecular flexibility index (Phi) is 3.81. The Bertz CT molecular complexity index is 531. The van der Waals surface area contributed by atoms with E-state index in [1.807, 2.05) is 6.92 Å². The predicted octanol–water partition coefficient (Wildman–Crippen LogP) is 3.52. The van der Waals surface area contributed by atoms with E-state index < -0.39 is 17.6 Å². The molecule has 7 heteroatoms. The molecule has 18 heavy (non-hydrogen) atoms. The van der Waals surface area contributed by atoms with Gasteiger partial charge in [-0.15, -0.1) is 11.3 Å². The van der Waals surface area contributed by atoms with Crippen molar-refractivity contribution in [1.82, 2.24) is 9.97 Å². The summed E-state index contributed by atoms with van der Waals surface area (Å²) in [6.45, 7) is 1.87. The monoisotopic (exact) mass is 273 g/mol. The summed E-state index contributed by atoms with van der Waals surface area (Å²) in [6.07, 6.45) is 2.24. The molecule has 2 heterocycles. The van der Waals surface area contributed by atoms with Gasteiger partial charge in [-0.1, -0.05) is 6.92 Å². The van der Waals surface area contributed by atoms with E-state index in [-0.39, 0.29) is 11.9 Å². The smallest absolute Gasteiger partial charge is 0.251 e. The van der Waals surface area contributed by atoms with Gasteiger partial charge in [-0.3, -0.25) is 0 Å². The first-order chi connectivity index (χ1) is 8.61. The van der Waals surface area contributed by atoms with Crippen molar-refractivity contribution in [2.24, 2.45) is 0 Å². The number of nitrogens with one attached hydrogen (secondary N) is 1. The molecule has 0 saturated heterocycles. The van der Waals surface area contributed by atoms with Gasteiger partial charge in [0.05, 0.1) is 6.04 Å². The normalized spacial score (nSPS) is 12.4. The average molecular weight is 273 g/mol. The number of anilines is 1. The first-order valence-electron chi connectivity index (χ1n) is 5.29. The molecule has 0 saturated carbocycles. The molecule has 0 radical (unpaired) electrons. The summed E-state index contributed by atoms with van der Waals surface area (Å²) in [5.74, 6) is -3.87.